The Bertz CT molecular complexity index is 982. The van der Waals surface area contributed by atoms with Gasteiger partial charge in [0, 0.05) is 17.2 Å². The summed E-state index contributed by atoms with van der Waals surface area (Å²) >= 11 is 5.77. The van der Waals surface area contributed by atoms with Gasteiger partial charge in [0.05, 0.1) is 12.2 Å². The third kappa shape index (κ3) is 6.75. The molecule has 0 fully saturated rings. The average Bonchev–Trinajstić information content (AvgIpc) is 2.73. The quantitative estimate of drug-likeness (QED) is 0.317. The Morgan fingerprint density at radius 2 is 1.45 bits per heavy atom. The van der Waals surface area contributed by atoms with Gasteiger partial charge >= 0.3 is 0 Å². The van der Waals surface area contributed by atoms with E-state index in [0.717, 1.165) is 31.4 Å². The van der Waals surface area contributed by atoms with Crippen LogP contribution in [0.4, 0.5) is 4.39 Å². The van der Waals surface area contributed by atoms with Crippen molar-refractivity contribution in [2.24, 2.45) is 0 Å². The minimum absolute atomic E-state index is 0.349. The van der Waals surface area contributed by atoms with E-state index in [-0.39, 0.29) is 0 Å². The molecule has 29 heavy (non-hydrogen) atoms. The van der Waals surface area contributed by atoms with E-state index in [9.17, 15) is 4.39 Å². The molecule has 3 heteroatoms. The summed E-state index contributed by atoms with van der Waals surface area (Å²) in [5.41, 5.74) is 4.98. The Hall–Kier alpha value is -2.60. The van der Waals surface area contributed by atoms with Crippen LogP contribution in [-0.2, 0) is 24.2 Å². The summed E-state index contributed by atoms with van der Waals surface area (Å²) in [6.07, 6.45) is 2.99. The van der Waals surface area contributed by atoms with E-state index in [1.807, 2.05) is 12.1 Å². The lowest BCUT2D eigenvalue weighted by molar-refractivity contribution is 0.121. The summed E-state index contributed by atoms with van der Waals surface area (Å²) in [5.74, 6) is 5.47. The number of ether oxygens (including phenoxy) is 1. The molecule has 3 aromatic carbocycles. The smallest absolute Gasteiger partial charge is 0.140 e. The van der Waals surface area contributed by atoms with Crippen molar-refractivity contribution in [3.05, 3.63) is 105 Å². The van der Waals surface area contributed by atoms with E-state index in [1.165, 1.54) is 22.8 Å². The van der Waals surface area contributed by atoms with Gasteiger partial charge in [0.15, 0.2) is 0 Å². The standard InChI is InChI=1S/C26H24ClFO/c1-2-17-29-19-23-11-9-21(10-12-23)4-3-20-5-7-22(8-6-20)13-14-24-15-16-25(27)18-26(24)28/h5-12,15-16,18H,2-4,17,19H2,1H3. The van der Waals surface area contributed by atoms with Crippen molar-refractivity contribution in [3.63, 3.8) is 0 Å². The van der Waals surface area contributed by atoms with Crippen LogP contribution in [0.25, 0.3) is 0 Å². The normalized spacial score (nSPS) is 10.4. The van der Waals surface area contributed by atoms with Crippen molar-refractivity contribution in [2.75, 3.05) is 6.61 Å². The van der Waals surface area contributed by atoms with Crippen LogP contribution in [0.1, 0.15) is 41.2 Å². The van der Waals surface area contributed by atoms with Crippen LogP contribution >= 0.6 is 11.6 Å². The van der Waals surface area contributed by atoms with Crippen molar-refractivity contribution in [1.82, 2.24) is 0 Å². The maximum absolute atomic E-state index is 13.8. The molecule has 0 heterocycles. The van der Waals surface area contributed by atoms with Gasteiger partial charge in [-0.05, 0) is 66.3 Å². The third-order valence-electron chi connectivity index (χ3n) is 4.57. The van der Waals surface area contributed by atoms with Gasteiger partial charge in [-0.1, -0.05) is 66.8 Å². The number of rotatable bonds is 7. The molecule has 0 atom stereocenters. The first-order valence-corrected chi connectivity index (χ1v) is 10.2. The highest BCUT2D eigenvalue weighted by Crippen LogP contribution is 2.14. The molecular weight excluding hydrogens is 383 g/mol. The fourth-order valence-corrected chi connectivity index (χ4v) is 3.07. The summed E-state index contributed by atoms with van der Waals surface area (Å²) in [7, 11) is 0. The number of aryl methyl sites for hydroxylation is 2. The Morgan fingerprint density at radius 1 is 0.828 bits per heavy atom. The maximum Gasteiger partial charge on any atom is 0.140 e. The highest BCUT2D eigenvalue weighted by atomic mass is 35.5. The van der Waals surface area contributed by atoms with Gasteiger partial charge in [-0.15, -0.1) is 0 Å². The second-order valence-electron chi connectivity index (χ2n) is 6.94. The van der Waals surface area contributed by atoms with E-state index in [4.69, 9.17) is 16.3 Å². The van der Waals surface area contributed by atoms with Crippen molar-refractivity contribution in [1.29, 1.82) is 0 Å². The number of benzene rings is 3. The van der Waals surface area contributed by atoms with E-state index < -0.39 is 5.82 Å². The Kier molecular flexibility index (Phi) is 7.87. The number of hydrogen-bond donors (Lipinski definition) is 0. The minimum atomic E-state index is -0.399. The zero-order valence-corrected chi connectivity index (χ0v) is 17.3. The predicted octanol–water partition coefficient (Wildman–Crippen LogP) is 6.59. The predicted molar refractivity (Wildman–Crippen MR) is 118 cm³/mol. The lowest BCUT2D eigenvalue weighted by atomic mass is 10.0. The summed E-state index contributed by atoms with van der Waals surface area (Å²) in [5, 5.41) is 0.372. The monoisotopic (exact) mass is 406 g/mol. The van der Waals surface area contributed by atoms with E-state index >= 15 is 0 Å². The number of halogens is 2. The summed E-state index contributed by atoms with van der Waals surface area (Å²) < 4.78 is 19.4. The molecule has 0 saturated carbocycles. The lowest BCUT2D eigenvalue weighted by Crippen LogP contribution is -1.95. The molecular formula is C26H24ClFO. The molecule has 0 aromatic heterocycles. The van der Waals surface area contributed by atoms with Crippen molar-refractivity contribution >= 4 is 11.6 Å². The second-order valence-corrected chi connectivity index (χ2v) is 7.38. The van der Waals surface area contributed by atoms with Crippen LogP contribution in [-0.4, -0.2) is 6.61 Å². The van der Waals surface area contributed by atoms with Gasteiger partial charge in [-0.2, -0.15) is 0 Å². The molecule has 148 valence electrons. The summed E-state index contributed by atoms with van der Waals surface area (Å²) in [6, 6.07) is 21.2. The van der Waals surface area contributed by atoms with Gasteiger partial charge < -0.3 is 4.74 Å². The molecule has 0 amide bonds. The Labute approximate surface area is 177 Å². The molecule has 1 nitrogen and oxygen atoms in total. The molecule has 0 saturated heterocycles. The largest absolute Gasteiger partial charge is 0.377 e. The Balaban J connectivity index is 1.54. The molecule has 0 aliphatic rings. The molecule has 0 radical (unpaired) electrons. The zero-order valence-electron chi connectivity index (χ0n) is 16.6. The topological polar surface area (TPSA) is 9.23 Å². The molecule has 3 aromatic rings. The third-order valence-corrected chi connectivity index (χ3v) is 4.80. The molecule has 0 aliphatic heterocycles. The summed E-state index contributed by atoms with van der Waals surface area (Å²) in [6.45, 7) is 3.59. The van der Waals surface area contributed by atoms with Crippen molar-refractivity contribution in [2.45, 2.75) is 32.8 Å². The van der Waals surface area contributed by atoms with Crippen LogP contribution in [0.2, 0.25) is 5.02 Å². The molecule has 0 aliphatic carbocycles. The van der Waals surface area contributed by atoms with E-state index in [0.29, 0.717) is 17.2 Å². The van der Waals surface area contributed by atoms with Crippen LogP contribution in [0.5, 0.6) is 0 Å². The van der Waals surface area contributed by atoms with Crippen LogP contribution in [0.15, 0.2) is 66.7 Å². The van der Waals surface area contributed by atoms with Gasteiger partial charge in [-0.25, -0.2) is 4.39 Å². The summed E-state index contributed by atoms with van der Waals surface area (Å²) in [4.78, 5) is 0. The first-order valence-electron chi connectivity index (χ1n) is 9.85. The highest BCUT2D eigenvalue weighted by Gasteiger charge is 2.00. The fraction of sp³-hybridized carbons (Fsp3) is 0.231. The van der Waals surface area contributed by atoms with Gasteiger partial charge in [-0.3, -0.25) is 0 Å². The van der Waals surface area contributed by atoms with Gasteiger partial charge in [0.1, 0.15) is 5.82 Å². The lowest BCUT2D eigenvalue weighted by Gasteiger charge is -2.06. The second kappa shape index (κ2) is 10.8. The Morgan fingerprint density at radius 3 is 2.07 bits per heavy atom. The van der Waals surface area contributed by atoms with Crippen LogP contribution in [0.3, 0.4) is 0 Å². The van der Waals surface area contributed by atoms with E-state index in [2.05, 4.69) is 55.2 Å². The highest BCUT2D eigenvalue weighted by molar-refractivity contribution is 6.30. The van der Waals surface area contributed by atoms with E-state index in [1.54, 1.807) is 12.1 Å². The van der Waals surface area contributed by atoms with Crippen LogP contribution in [0, 0.1) is 17.7 Å². The van der Waals surface area contributed by atoms with Gasteiger partial charge in [0.25, 0.3) is 0 Å². The molecule has 0 N–H and O–H groups in total. The zero-order chi connectivity index (χ0) is 20.5. The molecule has 0 spiro atoms. The van der Waals surface area contributed by atoms with Crippen molar-refractivity contribution in [3.8, 4) is 11.8 Å². The minimum Gasteiger partial charge on any atom is -0.377 e. The van der Waals surface area contributed by atoms with Gasteiger partial charge in [0.2, 0.25) is 0 Å². The fourth-order valence-electron chi connectivity index (χ4n) is 2.91. The SMILES string of the molecule is CCCOCc1ccc(CCc2ccc(C#Cc3ccc(Cl)cc3F)cc2)cc1. The average molecular weight is 407 g/mol. The number of hydrogen-bond acceptors (Lipinski definition) is 1. The van der Waals surface area contributed by atoms with Crippen molar-refractivity contribution < 1.29 is 9.13 Å². The molecule has 0 unspecified atom stereocenters. The first-order chi connectivity index (χ1) is 14.1. The molecule has 3 rings (SSSR count). The molecule has 0 bridgehead atoms. The maximum atomic E-state index is 13.8. The first kappa shape index (κ1) is 21.1. The van der Waals surface area contributed by atoms with Crippen LogP contribution < -0.4 is 0 Å².